The van der Waals surface area contributed by atoms with Gasteiger partial charge in [-0.3, -0.25) is 0 Å². The van der Waals surface area contributed by atoms with Crippen molar-refractivity contribution >= 4 is 23.1 Å². The van der Waals surface area contributed by atoms with Crippen LogP contribution in [0.15, 0.2) is 57.5 Å². The third-order valence-electron chi connectivity index (χ3n) is 4.01. The number of methoxy groups -OCH3 is 1. The fourth-order valence-corrected chi connectivity index (χ4v) is 2.67. The number of benzene rings is 2. The first-order valence-electron chi connectivity index (χ1n) is 7.89. The second kappa shape index (κ2) is 6.28. The van der Waals surface area contributed by atoms with E-state index in [1.807, 2.05) is 61.5 Å². The van der Waals surface area contributed by atoms with Crippen LogP contribution in [-0.4, -0.2) is 17.3 Å². The first-order chi connectivity index (χ1) is 12.2. The average molecular weight is 332 g/mol. The van der Waals surface area contributed by atoms with Crippen molar-refractivity contribution in [1.82, 2.24) is 10.1 Å². The third-order valence-corrected chi connectivity index (χ3v) is 4.01. The van der Waals surface area contributed by atoms with Gasteiger partial charge in [-0.15, -0.1) is 0 Å². The van der Waals surface area contributed by atoms with E-state index in [4.69, 9.17) is 13.7 Å². The van der Waals surface area contributed by atoms with Crippen molar-refractivity contribution in [3.8, 4) is 17.3 Å². The Morgan fingerprint density at radius 3 is 2.68 bits per heavy atom. The summed E-state index contributed by atoms with van der Waals surface area (Å²) in [6.45, 7) is 1.97. The maximum atomic E-state index is 5.90. The SMILES string of the molecule is COc1ccc2oc(-c3noc(C=Cc4ccccc4)n3)c(C)c2c1. The highest BCUT2D eigenvalue weighted by Crippen LogP contribution is 2.33. The van der Waals surface area contributed by atoms with Gasteiger partial charge in [-0.05, 0) is 36.8 Å². The highest BCUT2D eigenvalue weighted by molar-refractivity contribution is 5.87. The molecule has 0 fully saturated rings. The van der Waals surface area contributed by atoms with Crippen LogP contribution in [0, 0.1) is 6.92 Å². The number of nitrogens with zero attached hydrogens (tertiary/aromatic N) is 2. The van der Waals surface area contributed by atoms with E-state index < -0.39 is 0 Å². The Morgan fingerprint density at radius 1 is 1.04 bits per heavy atom. The summed E-state index contributed by atoms with van der Waals surface area (Å²) < 4.78 is 16.5. The number of hydrogen-bond donors (Lipinski definition) is 0. The Hall–Kier alpha value is -3.34. The molecule has 0 spiro atoms. The van der Waals surface area contributed by atoms with Crippen molar-refractivity contribution in [3.63, 3.8) is 0 Å². The summed E-state index contributed by atoms with van der Waals surface area (Å²) in [5.74, 6) is 2.24. The summed E-state index contributed by atoms with van der Waals surface area (Å²) in [5.41, 5.74) is 2.78. The van der Waals surface area contributed by atoms with Crippen LogP contribution in [0.25, 0.3) is 34.7 Å². The zero-order valence-corrected chi connectivity index (χ0v) is 13.9. The van der Waals surface area contributed by atoms with Crippen LogP contribution in [0.2, 0.25) is 0 Å². The lowest BCUT2D eigenvalue weighted by Crippen LogP contribution is -1.82. The largest absolute Gasteiger partial charge is 0.497 e. The third kappa shape index (κ3) is 2.92. The second-order valence-corrected chi connectivity index (χ2v) is 5.62. The van der Waals surface area contributed by atoms with Gasteiger partial charge in [0.15, 0.2) is 5.76 Å². The lowest BCUT2D eigenvalue weighted by atomic mass is 10.1. The highest BCUT2D eigenvalue weighted by atomic mass is 16.5. The normalized spacial score (nSPS) is 11.4. The molecule has 4 aromatic rings. The van der Waals surface area contributed by atoms with E-state index in [2.05, 4.69) is 10.1 Å². The van der Waals surface area contributed by atoms with Gasteiger partial charge >= 0.3 is 0 Å². The molecule has 0 aliphatic carbocycles. The summed E-state index contributed by atoms with van der Waals surface area (Å²) in [6, 6.07) is 15.6. The minimum atomic E-state index is 0.427. The second-order valence-electron chi connectivity index (χ2n) is 5.62. The van der Waals surface area contributed by atoms with Gasteiger partial charge < -0.3 is 13.7 Å². The summed E-state index contributed by atoms with van der Waals surface area (Å²) in [5, 5.41) is 5.01. The zero-order chi connectivity index (χ0) is 17.2. The standard InChI is InChI=1S/C20H16N2O3/c1-13-16-12-15(23-2)9-10-17(16)24-19(13)20-21-18(25-22-20)11-8-14-6-4-3-5-7-14/h3-12H,1-2H3. The van der Waals surface area contributed by atoms with Crippen molar-refractivity contribution in [3.05, 3.63) is 65.5 Å². The van der Waals surface area contributed by atoms with Crippen LogP contribution < -0.4 is 4.74 Å². The Labute approximate surface area is 144 Å². The molecule has 2 aromatic heterocycles. The number of aryl methyl sites for hydroxylation is 1. The first-order valence-corrected chi connectivity index (χ1v) is 7.89. The van der Waals surface area contributed by atoms with Gasteiger partial charge in [-0.2, -0.15) is 4.98 Å². The van der Waals surface area contributed by atoms with Crippen LogP contribution >= 0.6 is 0 Å². The molecule has 0 aliphatic rings. The molecule has 0 atom stereocenters. The van der Waals surface area contributed by atoms with Gasteiger partial charge in [0.1, 0.15) is 11.3 Å². The lowest BCUT2D eigenvalue weighted by molar-refractivity contribution is 0.409. The van der Waals surface area contributed by atoms with Crippen molar-refractivity contribution in [2.75, 3.05) is 7.11 Å². The highest BCUT2D eigenvalue weighted by Gasteiger charge is 2.17. The molecule has 2 aromatic carbocycles. The van der Waals surface area contributed by atoms with Crippen LogP contribution in [0.5, 0.6) is 5.75 Å². The molecule has 0 aliphatic heterocycles. The molecule has 0 bridgehead atoms. The van der Waals surface area contributed by atoms with E-state index in [1.165, 1.54) is 0 Å². The van der Waals surface area contributed by atoms with E-state index in [0.29, 0.717) is 17.5 Å². The molecule has 5 nitrogen and oxygen atoms in total. The van der Waals surface area contributed by atoms with Gasteiger partial charge in [-0.1, -0.05) is 35.5 Å². The van der Waals surface area contributed by atoms with Gasteiger partial charge in [0, 0.05) is 17.0 Å². The molecular formula is C20H16N2O3. The predicted molar refractivity (Wildman–Crippen MR) is 96.2 cm³/mol. The van der Waals surface area contributed by atoms with Crippen molar-refractivity contribution in [1.29, 1.82) is 0 Å². The number of ether oxygens (including phenoxy) is 1. The Morgan fingerprint density at radius 2 is 1.88 bits per heavy atom. The maximum Gasteiger partial charge on any atom is 0.251 e. The summed E-state index contributed by atoms with van der Waals surface area (Å²) in [4.78, 5) is 4.40. The zero-order valence-electron chi connectivity index (χ0n) is 13.9. The molecule has 124 valence electrons. The fourth-order valence-electron chi connectivity index (χ4n) is 2.67. The number of furan rings is 1. The Bertz CT molecular complexity index is 1050. The predicted octanol–water partition coefficient (Wildman–Crippen LogP) is 4.97. The molecule has 0 amide bonds. The lowest BCUT2D eigenvalue weighted by Gasteiger charge is -1.97. The molecular weight excluding hydrogens is 316 g/mol. The molecule has 0 unspecified atom stereocenters. The summed E-state index contributed by atoms with van der Waals surface area (Å²) in [7, 11) is 1.64. The summed E-state index contributed by atoms with van der Waals surface area (Å²) >= 11 is 0. The van der Waals surface area contributed by atoms with Crippen molar-refractivity contribution < 1.29 is 13.7 Å². The van der Waals surface area contributed by atoms with Gasteiger partial charge in [0.05, 0.1) is 7.11 Å². The van der Waals surface area contributed by atoms with Crippen LogP contribution in [0.3, 0.4) is 0 Å². The molecule has 25 heavy (non-hydrogen) atoms. The fraction of sp³-hybridized carbons (Fsp3) is 0.100. The van der Waals surface area contributed by atoms with Crippen LogP contribution in [0.4, 0.5) is 0 Å². The maximum absolute atomic E-state index is 5.90. The van der Waals surface area contributed by atoms with E-state index in [9.17, 15) is 0 Å². The average Bonchev–Trinajstić information content (AvgIpc) is 3.25. The summed E-state index contributed by atoms with van der Waals surface area (Å²) in [6.07, 6.45) is 3.71. The van der Waals surface area contributed by atoms with E-state index in [1.54, 1.807) is 13.2 Å². The first kappa shape index (κ1) is 15.2. The molecule has 0 saturated carbocycles. The van der Waals surface area contributed by atoms with E-state index in [0.717, 1.165) is 27.8 Å². The monoisotopic (exact) mass is 332 g/mol. The van der Waals surface area contributed by atoms with Crippen molar-refractivity contribution in [2.24, 2.45) is 0 Å². The van der Waals surface area contributed by atoms with E-state index >= 15 is 0 Å². The Balaban J connectivity index is 1.67. The molecule has 5 heteroatoms. The molecule has 2 heterocycles. The Kier molecular flexibility index (Phi) is 3.82. The minimum Gasteiger partial charge on any atom is -0.497 e. The number of rotatable bonds is 4. The smallest absolute Gasteiger partial charge is 0.251 e. The van der Waals surface area contributed by atoms with Crippen LogP contribution in [0.1, 0.15) is 17.0 Å². The molecule has 0 N–H and O–H groups in total. The number of hydrogen-bond acceptors (Lipinski definition) is 5. The van der Waals surface area contributed by atoms with Gasteiger partial charge in [0.25, 0.3) is 5.89 Å². The number of fused-ring (bicyclic) bond motifs is 1. The van der Waals surface area contributed by atoms with Crippen LogP contribution in [-0.2, 0) is 0 Å². The minimum absolute atomic E-state index is 0.427. The van der Waals surface area contributed by atoms with Gasteiger partial charge in [0.2, 0.25) is 5.82 Å². The van der Waals surface area contributed by atoms with Gasteiger partial charge in [-0.25, -0.2) is 0 Å². The van der Waals surface area contributed by atoms with E-state index in [-0.39, 0.29) is 0 Å². The number of aromatic nitrogens is 2. The molecule has 4 rings (SSSR count). The topological polar surface area (TPSA) is 61.3 Å². The molecule has 0 radical (unpaired) electrons. The van der Waals surface area contributed by atoms with Crippen molar-refractivity contribution in [2.45, 2.75) is 6.92 Å². The quantitative estimate of drug-likeness (QED) is 0.528. The molecule has 0 saturated heterocycles.